The van der Waals surface area contributed by atoms with Gasteiger partial charge in [0.2, 0.25) is 0 Å². The van der Waals surface area contributed by atoms with Crippen molar-refractivity contribution in [1.82, 2.24) is 15.3 Å². The van der Waals surface area contributed by atoms with Gasteiger partial charge in [-0.15, -0.1) is 0 Å². The predicted molar refractivity (Wildman–Crippen MR) is 82.9 cm³/mol. The summed E-state index contributed by atoms with van der Waals surface area (Å²) in [6.07, 6.45) is 6.61. The number of anilines is 1. The molecule has 1 unspecified atom stereocenters. The molecule has 0 radical (unpaired) electrons. The first-order chi connectivity index (χ1) is 9.70. The average Bonchev–Trinajstić information content (AvgIpc) is 2.53. The number of aromatic nitrogens is 2. The number of hydrogen-bond donors (Lipinski definition) is 1. The first-order valence-corrected chi connectivity index (χ1v) is 6.94. The predicted octanol–water partition coefficient (Wildman–Crippen LogP) is 2.44. The molecule has 0 bridgehead atoms. The van der Waals surface area contributed by atoms with Gasteiger partial charge in [0.05, 0.1) is 0 Å². The molecule has 0 saturated heterocycles. The van der Waals surface area contributed by atoms with E-state index in [4.69, 9.17) is 0 Å². The molecule has 4 heteroatoms. The van der Waals surface area contributed by atoms with E-state index < -0.39 is 0 Å². The Bertz CT molecular complexity index is 510. The zero-order chi connectivity index (χ0) is 14.4. The van der Waals surface area contributed by atoms with Crippen LogP contribution in [-0.2, 0) is 6.42 Å². The highest BCUT2D eigenvalue weighted by Crippen LogP contribution is 2.15. The molecule has 1 atom stereocenters. The van der Waals surface area contributed by atoms with Crippen molar-refractivity contribution in [3.63, 3.8) is 0 Å². The molecule has 106 valence electrons. The van der Waals surface area contributed by atoms with E-state index >= 15 is 0 Å². The third-order valence-electron chi connectivity index (χ3n) is 3.58. The maximum atomic E-state index is 4.53. The molecule has 0 aliphatic rings. The van der Waals surface area contributed by atoms with Gasteiger partial charge in [-0.2, -0.15) is 0 Å². The molecule has 0 fully saturated rings. The molecule has 4 nitrogen and oxygen atoms in total. The fourth-order valence-electron chi connectivity index (χ4n) is 2.01. The van der Waals surface area contributed by atoms with Crippen LogP contribution in [0.5, 0.6) is 0 Å². The van der Waals surface area contributed by atoms with Crippen LogP contribution in [0.3, 0.4) is 0 Å². The molecule has 0 saturated carbocycles. The van der Waals surface area contributed by atoms with Crippen LogP contribution in [0.4, 0.5) is 5.82 Å². The van der Waals surface area contributed by atoms with Crippen molar-refractivity contribution in [3.05, 3.63) is 54.0 Å². The standard InChI is InChI=1S/C16H22N4/c1-13(17-2)15-4-5-16(19-12-15)20(3)11-8-14-6-9-18-10-7-14/h4-7,9-10,12-13,17H,8,11H2,1-3H3. The summed E-state index contributed by atoms with van der Waals surface area (Å²) in [6.45, 7) is 3.07. The number of rotatable bonds is 6. The first kappa shape index (κ1) is 14.5. The molecule has 0 aliphatic heterocycles. The largest absolute Gasteiger partial charge is 0.359 e. The number of nitrogens with one attached hydrogen (secondary N) is 1. The second kappa shape index (κ2) is 7.01. The first-order valence-electron chi connectivity index (χ1n) is 6.94. The van der Waals surface area contributed by atoms with Crippen LogP contribution >= 0.6 is 0 Å². The Morgan fingerprint density at radius 2 is 1.95 bits per heavy atom. The van der Waals surface area contributed by atoms with Crippen LogP contribution in [0.25, 0.3) is 0 Å². The van der Waals surface area contributed by atoms with Crippen molar-refractivity contribution < 1.29 is 0 Å². The molecule has 2 aromatic rings. The highest BCUT2D eigenvalue weighted by molar-refractivity contribution is 5.39. The lowest BCUT2D eigenvalue weighted by molar-refractivity contribution is 0.649. The van der Waals surface area contributed by atoms with E-state index in [1.165, 1.54) is 11.1 Å². The van der Waals surface area contributed by atoms with Gasteiger partial charge in [0.25, 0.3) is 0 Å². The Labute approximate surface area is 120 Å². The van der Waals surface area contributed by atoms with Gasteiger partial charge in [0.15, 0.2) is 0 Å². The molecule has 1 N–H and O–H groups in total. The lowest BCUT2D eigenvalue weighted by atomic mass is 10.1. The molecule has 2 heterocycles. The SMILES string of the molecule is CNC(C)c1ccc(N(C)CCc2ccncc2)nc1. The minimum absolute atomic E-state index is 0.332. The fraction of sp³-hybridized carbons (Fsp3) is 0.375. The highest BCUT2D eigenvalue weighted by Gasteiger charge is 2.06. The van der Waals surface area contributed by atoms with E-state index in [-0.39, 0.29) is 0 Å². The Kier molecular flexibility index (Phi) is 5.07. The van der Waals surface area contributed by atoms with Crippen LogP contribution in [0.2, 0.25) is 0 Å². The molecular formula is C16H22N4. The van der Waals surface area contributed by atoms with Crippen molar-refractivity contribution in [3.8, 4) is 0 Å². The lowest BCUT2D eigenvalue weighted by Crippen LogP contribution is -2.21. The van der Waals surface area contributed by atoms with Crippen molar-refractivity contribution in [2.75, 3.05) is 25.5 Å². The Morgan fingerprint density at radius 1 is 1.20 bits per heavy atom. The quantitative estimate of drug-likeness (QED) is 0.875. The fourth-order valence-corrected chi connectivity index (χ4v) is 2.01. The Morgan fingerprint density at radius 3 is 2.55 bits per heavy atom. The molecular weight excluding hydrogens is 248 g/mol. The third-order valence-corrected chi connectivity index (χ3v) is 3.58. The van der Waals surface area contributed by atoms with Crippen LogP contribution in [0.1, 0.15) is 24.1 Å². The second-order valence-corrected chi connectivity index (χ2v) is 4.99. The van der Waals surface area contributed by atoms with E-state index in [0.29, 0.717) is 6.04 Å². The van der Waals surface area contributed by atoms with Crippen molar-refractivity contribution in [1.29, 1.82) is 0 Å². The van der Waals surface area contributed by atoms with Crippen LogP contribution in [0, 0.1) is 0 Å². The monoisotopic (exact) mass is 270 g/mol. The molecule has 0 spiro atoms. The van der Waals surface area contributed by atoms with Gasteiger partial charge in [0.1, 0.15) is 5.82 Å². The molecule has 0 aliphatic carbocycles. The van der Waals surface area contributed by atoms with Gasteiger partial charge in [-0.1, -0.05) is 6.07 Å². The van der Waals surface area contributed by atoms with Gasteiger partial charge in [-0.25, -0.2) is 4.98 Å². The zero-order valence-electron chi connectivity index (χ0n) is 12.4. The number of hydrogen-bond acceptors (Lipinski definition) is 4. The van der Waals surface area contributed by atoms with Gasteiger partial charge in [-0.05, 0) is 49.7 Å². The van der Waals surface area contributed by atoms with Crippen LogP contribution < -0.4 is 10.2 Å². The second-order valence-electron chi connectivity index (χ2n) is 4.99. The van der Waals surface area contributed by atoms with E-state index in [1.54, 1.807) is 0 Å². The molecule has 20 heavy (non-hydrogen) atoms. The van der Waals surface area contributed by atoms with Crippen molar-refractivity contribution in [2.45, 2.75) is 19.4 Å². The summed E-state index contributed by atoms with van der Waals surface area (Å²) in [5.41, 5.74) is 2.51. The van der Waals surface area contributed by atoms with Crippen molar-refractivity contribution in [2.24, 2.45) is 0 Å². The van der Waals surface area contributed by atoms with Crippen LogP contribution in [-0.4, -0.2) is 30.6 Å². The number of pyridine rings is 2. The molecule has 0 amide bonds. The number of likely N-dealkylation sites (N-methyl/N-ethyl adjacent to an activating group) is 1. The Hall–Kier alpha value is -1.94. The molecule has 2 aromatic heterocycles. The molecule has 2 rings (SSSR count). The van der Waals surface area contributed by atoms with E-state index in [2.05, 4.69) is 58.4 Å². The summed E-state index contributed by atoms with van der Waals surface area (Å²) in [7, 11) is 4.03. The lowest BCUT2D eigenvalue weighted by Gasteiger charge is -2.19. The van der Waals surface area contributed by atoms with Gasteiger partial charge >= 0.3 is 0 Å². The van der Waals surface area contributed by atoms with Gasteiger partial charge in [-0.3, -0.25) is 4.98 Å². The van der Waals surface area contributed by atoms with Crippen LogP contribution in [0.15, 0.2) is 42.9 Å². The maximum absolute atomic E-state index is 4.53. The van der Waals surface area contributed by atoms with Gasteiger partial charge < -0.3 is 10.2 Å². The summed E-state index contributed by atoms with van der Waals surface area (Å²) < 4.78 is 0. The summed E-state index contributed by atoms with van der Waals surface area (Å²) in [4.78, 5) is 10.7. The summed E-state index contributed by atoms with van der Waals surface area (Å²) in [5.74, 6) is 1.01. The summed E-state index contributed by atoms with van der Waals surface area (Å²) in [5, 5.41) is 3.22. The zero-order valence-corrected chi connectivity index (χ0v) is 12.4. The topological polar surface area (TPSA) is 41.0 Å². The summed E-state index contributed by atoms with van der Waals surface area (Å²) >= 11 is 0. The van der Waals surface area contributed by atoms with E-state index in [9.17, 15) is 0 Å². The summed E-state index contributed by atoms with van der Waals surface area (Å²) in [6, 6.07) is 8.65. The van der Waals surface area contributed by atoms with Gasteiger partial charge in [0, 0.05) is 38.2 Å². The maximum Gasteiger partial charge on any atom is 0.128 e. The normalized spacial score (nSPS) is 12.2. The number of nitrogens with zero attached hydrogens (tertiary/aromatic N) is 3. The highest BCUT2D eigenvalue weighted by atomic mass is 15.2. The molecule has 0 aromatic carbocycles. The van der Waals surface area contributed by atoms with E-state index in [0.717, 1.165) is 18.8 Å². The Balaban J connectivity index is 1.94. The smallest absolute Gasteiger partial charge is 0.128 e. The van der Waals surface area contributed by atoms with E-state index in [1.807, 2.05) is 25.6 Å². The third kappa shape index (κ3) is 3.78. The minimum atomic E-state index is 0.332. The average molecular weight is 270 g/mol. The van der Waals surface area contributed by atoms with Crippen molar-refractivity contribution >= 4 is 5.82 Å². The minimum Gasteiger partial charge on any atom is -0.359 e.